The second kappa shape index (κ2) is 9.15. The Labute approximate surface area is 178 Å². The van der Waals surface area contributed by atoms with E-state index in [1.54, 1.807) is 11.0 Å². The fraction of sp³-hybridized carbons (Fsp3) is 0.450. The van der Waals surface area contributed by atoms with Crippen LogP contribution in [0.4, 0.5) is 5.13 Å². The van der Waals surface area contributed by atoms with Gasteiger partial charge in [0.25, 0.3) is 5.91 Å². The molecule has 0 fully saturated rings. The fourth-order valence-corrected chi connectivity index (χ4v) is 4.49. The van der Waals surface area contributed by atoms with Gasteiger partial charge in [-0.25, -0.2) is 4.98 Å². The van der Waals surface area contributed by atoms with Gasteiger partial charge in [0, 0.05) is 29.8 Å². The molecule has 0 bridgehead atoms. The van der Waals surface area contributed by atoms with Crippen LogP contribution in [0.25, 0.3) is 10.2 Å². The van der Waals surface area contributed by atoms with Gasteiger partial charge in [0.15, 0.2) is 10.8 Å². The van der Waals surface area contributed by atoms with Gasteiger partial charge in [-0.15, -0.1) is 0 Å². The number of thiazole rings is 1. The Morgan fingerprint density at radius 2 is 1.96 bits per heavy atom. The van der Waals surface area contributed by atoms with Gasteiger partial charge in [-0.1, -0.05) is 41.1 Å². The molecule has 2 heterocycles. The van der Waals surface area contributed by atoms with Crippen molar-refractivity contribution >= 4 is 48.5 Å². The molecule has 1 amide bonds. The van der Waals surface area contributed by atoms with Crippen LogP contribution in [0.1, 0.15) is 44.2 Å². The molecule has 0 aliphatic carbocycles. The molecular formula is C20H26BrN5OS. The highest BCUT2D eigenvalue weighted by atomic mass is 79.9. The maximum Gasteiger partial charge on any atom is 0.280 e. The van der Waals surface area contributed by atoms with E-state index in [-0.39, 0.29) is 11.9 Å². The number of fused-ring (bicyclic) bond motifs is 1. The third-order valence-corrected chi connectivity index (χ3v) is 6.24. The van der Waals surface area contributed by atoms with E-state index in [0.29, 0.717) is 17.4 Å². The average molecular weight is 464 g/mol. The quantitative estimate of drug-likeness (QED) is 0.480. The lowest BCUT2D eigenvalue weighted by Crippen LogP contribution is -2.39. The third kappa shape index (κ3) is 4.61. The zero-order valence-electron chi connectivity index (χ0n) is 16.7. The van der Waals surface area contributed by atoms with Gasteiger partial charge in [-0.3, -0.25) is 14.4 Å². The van der Waals surface area contributed by atoms with Crippen LogP contribution < -0.4 is 4.90 Å². The van der Waals surface area contributed by atoms with Gasteiger partial charge < -0.3 is 4.90 Å². The molecule has 0 atom stereocenters. The smallest absolute Gasteiger partial charge is 0.280 e. The minimum Gasteiger partial charge on any atom is -0.302 e. The molecule has 28 heavy (non-hydrogen) atoms. The minimum absolute atomic E-state index is 0.107. The second-order valence-corrected chi connectivity index (χ2v) is 8.79. The van der Waals surface area contributed by atoms with Crippen LogP contribution in [0.2, 0.25) is 0 Å². The molecule has 0 radical (unpaired) electrons. The van der Waals surface area contributed by atoms with Crippen LogP contribution in [0.15, 0.2) is 34.9 Å². The van der Waals surface area contributed by atoms with Crippen LogP contribution in [0.3, 0.4) is 0 Å². The number of carbonyl (C=O) groups excluding carboxylic acids is 1. The van der Waals surface area contributed by atoms with E-state index in [0.717, 1.165) is 34.3 Å². The molecule has 8 heteroatoms. The molecule has 0 aliphatic heterocycles. The number of aromatic nitrogens is 3. The summed E-state index contributed by atoms with van der Waals surface area (Å²) in [7, 11) is 0. The predicted octanol–water partition coefficient (Wildman–Crippen LogP) is 4.82. The summed E-state index contributed by atoms with van der Waals surface area (Å²) < 4.78 is 3.87. The van der Waals surface area contributed by atoms with E-state index in [1.807, 2.05) is 42.9 Å². The van der Waals surface area contributed by atoms with Crippen molar-refractivity contribution in [3.8, 4) is 0 Å². The highest BCUT2D eigenvalue weighted by Crippen LogP contribution is 2.31. The maximum absolute atomic E-state index is 13.3. The van der Waals surface area contributed by atoms with Gasteiger partial charge in [0.1, 0.15) is 0 Å². The molecule has 0 saturated carbocycles. The molecule has 0 saturated heterocycles. The number of carbonyl (C=O) groups is 1. The van der Waals surface area contributed by atoms with Crippen molar-refractivity contribution in [3.63, 3.8) is 0 Å². The topological polar surface area (TPSA) is 54.3 Å². The van der Waals surface area contributed by atoms with Gasteiger partial charge in [-0.2, -0.15) is 5.10 Å². The van der Waals surface area contributed by atoms with Gasteiger partial charge >= 0.3 is 0 Å². The first-order chi connectivity index (χ1) is 13.4. The second-order valence-electron chi connectivity index (χ2n) is 6.87. The number of amides is 1. The molecule has 0 N–H and O–H groups in total. The number of halogens is 1. The molecule has 2 aromatic heterocycles. The molecule has 150 valence electrons. The highest BCUT2D eigenvalue weighted by Gasteiger charge is 2.24. The molecule has 0 spiro atoms. The summed E-state index contributed by atoms with van der Waals surface area (Å²) in [5.41, 5.74) is 1.35. The number of hydrogen-bond donors (Lipinski definition) is 0. The Bertz CT molecular complexity index is 947. The number of hydrogen-bond acceptors (Lipinski definition) is 5. The molecule has 3 aromatic rings. The lowest BCUT2D eigenvalue weighted by atomic mass is 10.3. The first-order valence-electron chi connectivity index (χ1n) is 9.58. The maximum atomic E-state index is 13.3. The average Bonchev–Trinajstić information content (AvgIpc) is 3.31. The number of anilines is 1. The van der Waals surface area contributed by atoms with Crippen molar-refractivity contribution in [1.29, 1.82) is 0 Å². The summed E-state index contributed by atoms with van der Waals surface area (Å²) in [6.45, 7) is 11.6. The summed E-state index contributed by atoms with van der Waals surface area (Å²) >= 11 is 5.04. The summed E-state index contributed by atoms with van der Waals surface area (Å²) in [5.74, 6) is -0.107. The Morgan fingerprint density at radius 1 is 1.21 bits per heavy atom. The highest BCUT2D eigenvalue weighted by molar-refractivity contribution is 9.10. The summed E-state index contributed by atoms with van der Waals surface area (Å²) in [6.07, 6.45) is 1.86. The van der Waals surface area contributed by atoms with Crippen LogP contribution in [0.5, 0.6) is 0 Å². The van der Waals surface area contributed by atoms with E-state index in [9.17, 15) is 4.79 Å². The van der Waals surface area contributed by atoms with E-state index in [1.165, 1.54) is 11.3 Å². The zero-order valence-corrected chi connectivity index (χ0v) is 19.1. The van der Waals surface area contributed by atoms with E-state index in [2.05, 4.69) is 39.8 Å². The number of rotatable bonds is 8. The Morgan fingerprint density at radius 3 is 2.61 bits per heavy atom. The van der Waals surface area contributed by atoms with E-state index >= 15 is 0 Å². The molecule has 0 unspecified atom stereocenters. The van der Waals surface area contributed by atoms with Crippen LogP contribution >= 0.6 is 27.3 Å². The van der Waals surface area contributed by atoms with Gasteiger partial charge in [0.2, 0.25) is 0 Å². The molecule has 1 aromatic carbocycles. The van der Waals surface area contributed by atoms with Crippen molar-refractivity contribution in [2.24, 2.45) is 0 Å². The number of likely N-dealkylation sites (N-methyl/N-ethyl adjacent to an activating group) is 1. The first kappa shape index (κ1) is 21.0. The predicted molar refractivity (Wildman–Crippen MR) is 119 cm³/mol. The minimum atomic E-state index is -0.107. The largest absolute Gasteiger partial charge is 0.302 e. The zero-order chi connectivity index (χ0) is 20.3. The molecule has 0 aliphatic rings. The van der Waals surface area contributed by atoms with Gasteiger partial charge in [0.05, 0.1) is 10.2 Å². The van der Waals surface area contributed by atoms with Gasteiger partial charge in [-0.05, 0) is 51.2 Å². The summed E-state index contributed by atoms with van der Waals surface area (Å²) in [5, 5.41) is 5.19. The summed E-state index contributed by atoms with van der Waals surface area (Å²) in [4.78, 5) is 22.1. The molecule has 3 rings (SSSR count). The van der Waals surface area contributed by atoms with Crippen molar-refractivity contribution in [1.82, 2.24) is 19.7 Å². The van der Waals surface area contributed by atoms with Crippen LogP contribution in [-0.4, -0.2) is 51.8 Å². The number of benzene rings is 1. The lowest BCUT2D eigenvalue weighted by molar-refractivity contribution is 0.0978. The lowest BCUT2D eigenvalue weighted by Gasteiger charge is -2.24. The standard InChI is InChI=1S/C20H26BrN5OS/c1-5-24(6-2)11-12-25(19(27)17-9-10-26(23-17)14(3)4)20-22-16-8-7-15(21)13-18(16)28-20/h7-10,13-14H,5-6,11-12H2,1-4H3. The SMILES string of the molecule is CCN(CC)CCN(C(=O)c1ccn(C(C)C)n1)c1nc2ccc(Br)cc2s1. The molecular weight excluding hydrogens is 438 g/mol. The van der Waals surface area contributed by atoms with Crippen LogP contribution in [-0.2, 0) is 0 Å². The third-order valence-electron chi connectivity index (χ3n) is 4.71. The van der Waals surface area contributed by atoms with E-state index in [4.69, 9.17) is 4.98 Å². The Balaban J connectivity index is 1.93. The fourth-order valence-electron chi connectivity index (χ4n) is 2.95. The first-order valence-corrected chi connectivity index (χ1v) is 11.2. The van der Waals surface area contributed by atoms with Crippen LogP contribution in [0, 0.1) is 0 Å². The number of nitrogens with zero attached hydrogens (tertiary/aromatic N) is 5. The summed E-state index contributed by atoms with van der Waals surface area (Å²) in [6, 6.07) is 7.98. The monoisotopic (exact) mass is 463 g/mol. The van der Waals surface area contributed by atoms with Crippen molar-refractivity contribution in [3.05, 3.63) is 40.6 Å². The van der Waals surface area contributed by atoms with Crippen molar-refractivity contribution < 1.29 is 4.79 Å². The van der Waals surface area contributed by atoms with Crippen molar-refractivity contribution in [2.45, 2.75) is 33.7 Å². The normalized spacial score (nSPS) is 11.7. The molecule has 6 nitrogen and oxygen atoms in total. The van der Waals surface area contributed by atoms with Crippen molar-refractivity contribution in [2.75, 3.05) is 31.1 Å². The van der Waals surface area contributed by atoms with E-state index < -0.39 is 0 Å². The Kier molecular flexibility index (Phi) is 6.85. The Hall–Kier alpha value is -1.77.